The molecule has 2 aromatic carbocycles. The Morgan fingerprint density at radius 1 is 1.04 bits per heavy atom. The molecule has 5 heteroatoms. The number of benzene rings is 2. The van der Waals surface area contributed by atoms with Crippen LogP contribution >= 0.6 is 0 Å². The first-order chi connectivity index (χ1) is 11.6. The summed E-state index contributed by atoms with van der Waals surface area (Å²) in [7, 11) is 0. The minimum atomic E-state index is -0.681. The largest absolute Gasteiger partial charge is 0.481 e. The number of rotatable bonds is 7. The van der Waals surface area contributed by atoms with Gasteiger partial charge in [0.2, 0.25) is 0 Å². The van der Waals surface area contributed by atoms with Crippen molar-refractivity contribution in [2.75, 3.05) is 11.9 Å². The summed E-state index contributed by atoms with van der Waals surface area (Å²) in [6.45, 7) is 4.24. The Labute approximate surface area is 142 Å². The Bertz CT molecular complexity index is 686. The summed E-state index contributed by atoms with van der Waals surface area (Å²) in [6, 6.07) is 16.1. The minimum Gasteiger partial charge on any atom is -0.481 e. The van der Waals surface area contributed by atoms with E-state index in [1.807, 2.05) is 25.1 Å². The second-order valence-electron chi connectivity index (χ2n) is 5.36. The van der Waals surface area contributed by atoms with E-state index in [4.69, 9.17) is 4.74 Å². The molecule has 0 fully saturated rings. The first-order valence-corrected chi connectivity index (χ1v) is 8.01. The van der Waals surface area contributed by atoms with Crippen LogP contribution in [0.15, 0.2) is 54.6 Å². The number of carbonyl (C=O) groups is 2. The van der Waals surface area contributed by atoms with Gasteiger partial charge in [0.15, 0.2) is 6.10 Å². The quantitative estimate of drug-likeness (QED) is 0.821. The van der Waals surface area contributed by atoms with Crippen molar-refractivity contribution < 1.29 is 14.3 Å². The Morgan fingerprint density at radius 3 is 2.42 bits per heavy atom. The molecule has 0 aliphatic heterocycles. The molecule has 0 saturated heterocycles. The summed E-state index contributed by atoms with van der Waals surface area (Å²) < 4.78 is 5.60. The van der Waals surface area contributed by atoms with E-state index in [0.717, 1.165) is 6.42 Å². The van der Waals surface area contributed by atoms with E-state index in [2.05, 4.69) is 10.6 Å². The van der Waals surface area contributed by atoms with Crippen molar-refractivity contribution >= 4 is 17.5 Å². The molecule has 5 nitrogen and oxygen atoms in total. The van der Waals surface area contributed by atoms with Crippen molar-refractivity contribution in [2.24, 2.45) is 0 Å². The van der Waals surface area contributed by atoms with E-state index >= 15 is 0 Å². The topological polar surface area (TPSA) is 67.4 Å². The van der Waals surface area contributed by atoms with Gasteiger partial charge in [-0.05, 0) is 37.6 Å². The predicted octanol–water partition coefficient (Wildman–Crippen LogP) is 3.23. The van der Waals surface area contributed by atoms with Gasteiger partial charge in [-0.3, -0.25) is 9.59 Å². The van der Waals surface area contributed by atoms with E-state index in [0.29, 0.717) is 23.5 Å². The lowest BCUT2D eigenvalue weighted by Crippen LogP contribution is -2.31. The average molecular weight is 326 g/mol. The van der Waals surface area contributed by atoms with E-state index in [-0.39, 0.29) is 11.8 Å². The smallest absolute Gasteiger partial charge is 0.265 e. The first-order valence-electron chi connectivity index (χ1n) is 8.01. The highest BCUT2D eigenvalue weighted by Crippen LogP contribution is 2.17. The molecule has 0 saturated carbocycles. The van der Waals surface area contributed by atoms with Gasteiger partial charge >= 0.3 is 0 Å². The number of anilines is 1. The lowest BCUT2D eigenvalue weighted by atomic mass is 10.1. The van der Waals surface area contributed by atoms with Crippen LogP contribution in [0.4, 0.5) is 5.69 Å². The Kier molecular flexibility index (Phi) is 6.37. The molecule has 0 aliphatic carbocycles. The average Bonchev–Trinajstić information content (AvgIpc) is 2.61. The highest BCUT2D eigenvalue weighted by molar-refractivity contribution is 6.04. The molecule has 2 aromatic rings. The summed E-state index contributed by atoms with van der Waals surface area (Å²) in [6.07, 6.45) is 0.168. The molecule has 0 aromatic heterocycles. The Balaban J connectivity index is 2.04. The van der Waals surface area contributed by atoms with Gasteiger partial charge < -0.3 is 15.4 Å². The number of para-hydroxylation sites is 2. The predicted molar refractivity (Wildman–Crippen MR) is 94.2 cm³/mol. The van der Waals surface area contributed by atoms with Crippen LogP contribution in [-0.2, 0) is 4.79 Å². The zero-order valence-electron chi connectivity index (χ0n) is 13.9. The van der Waals surface area contributed by atoms with Crippen LogP contribution < -0.4 is 15.4 Å². The monoisotopic (exact) mass is 326 g/mol. The highest BCUT2D eigenvalue weighted by atomic mass is 16.5. The molecule has 126 valence electrons. The maximum atomic E-state index is 12.3. The molecule has 24 heavy (non-hydrogen) atoms. The molecule has 2 amide bonds. The van der Waals surface area contributed by atoms with Crippen molar-refractivity contribution in [1.82, 2.24) is 5.32 Å². The molecule has 2 rings (SSSR count). The summed E-state index contributed by atoms with van der Waals surface area (Å²) in [5.41, 5.74) is 0.908. The number of amides is 2. The molecule has 0 heterocycles. The lowest BCUT2D eigenvalue weighted by molar-refractivity contribution is -0.122. The van der Waals surface area contributed by atoms with E-state index < -0.39 is 6.10 Å². The van der Waals surface area contributed by atoms with Gasteiger partial charge in [-0.2, -0.15) is 0 Å². The fourth-order valence-corrected chi connectivity index (χ4v) is 2.11. The van der Waals surface area contributed by atoms with E-state index in [1.165, 1.54) is 0 Å². The van der Waals surface area contributed by atoms with Crippen molar-refractivity contribution in [2.45, 2.75) is 26.4 Å². The number of hydrogen-bond acceptors (Lipinski definition) is 3. The third kappa shape index (κ3) is 4.84. The lowest BCUT2D eigenvalue weighted by Gasteiger charge is -2.16. The van der Waals surface area contributed by atoms with Crippen LogP contribution in [0.3, 0.4) is 0 Å². The van der Waals surface area contributed by atoms with Crippen LogP contribution in [0.1, 0.15) is 30.6 Å². The first kappa shape index (κ1) is 17.5. The SMILES string of the molecule is CCCNC(=O)c1ccccc1NC(=O)C(C)Oc1ccccc1. The normalized spacial score (nSPS) is 11.4. The van der Waals surface area contributed by atoms with Gasteiger partial charge in [0.05, 0.1) is 11.3 Å². The number of ether oxygens (including phenoxy) is 1. The Hall–Kier alpha value is -2.82. The molecule has 0 radical (unpaired) electrons. The van der Waals surface area contributed by atoms with Crippen molar-refractivity contribution in [1.29, 1.82) is 0 Å². The van der Waals surface area contributed by atoms with Crippen LogP contribution in [0.2, 0.25) is 0 Å². The highest BCUT2D eigenvalue weighted by Gasteiger charge is 2.18. The van der Waals surface area contributed by atoms with Crippen molar-refractivity contribution in [3.63, 3.8) is 0 Å². The standard InChI is InChI=1S/C19H22N2O3/c1-3-13-20-19(23)16-11-7-8-12-17(16)21-18(22)14(2)24-15-9-5-4-6-10-15/h4-12,14H,3,13H2,1-2H3,(H,20,23)(H,21,22). The fourth-order valence-electron chi connectivity index (χ4n) is 2.11. The number of nitrogens with one attached hydrogen (secondary N) is 2. The number of carbonyl (C=O) groups excluding carboxylic acids is 2. The second-order valence-corrected chi connectivity index (χ2v) is 5.36. The maximum absolute atomic E-state index is 12.3. The van der Waals surface area contributed by atoms with Gasteiger partial charge in [-0.25, -0.2) is 0 Å². The second kappa shape index (κ2) is 8.72. The van der Waals surface area contributed by atoms with Gasteiger partial charge in [-0.1, -0.05) is 37.3 Å². The molecular formula is C19H22N2O3. The van der Waals surface area contributed by atoms with Gasteiger partial charge in [-0.15, -0.1) is 0 Å². The van der Waals surface area contributed by atoms with Crippen LogP contribution in [0, 0.1) is 0 Å². The van der Waals surface area contributed by atoms with Gasteiger partial charge in [0.25, 0.3) is 11.8 Å². The third-order valence-corrected chi connectivity index (χ3v) is 3.39. The zero-order valence-corrected chi connectivity index (χ0v) is 13.9. The molecule has 2 N–H and O–H groups in total. The summed E-state index contributed by atoms with van der Waals surface area (Å²) in [5.74, 6) is 0.105. The van der Waals surface area contributed by atoms with E-state index in [9.17, 15) is 9.59 Å². The summed E-state index contributed by atoms with van der Waals surface area (Å²) in [4.78, 5) is 24.5. The molecule has 0 spiro atoms. The molecular weight excluding hydrogens is 304 g/mol. The van der Waals surface area contributed by atoms with Crippen LogP contribution in [-0.4, -0.2) is 24.5 Å². The van der Waals surface area contributed by atoms with Gasteiger partial charge in [0, 0.05) is 6.54 Å². The number of hydrogen-bond donors (Lipinski definition) is 2. The van der Waals surface area contributed by atoms with E-state index in [1.54, 1.807) is 43.3 Å². The molecule has 0 aliphatic rings. The van der Waals surface area contributed by atoms with Crippen LogP contribution in [0.25, 0.3) is 0 Å². The fraction of sp³-hybridized carbons (Fsp3) is 0.263. The van der Waals surface area contributed by atoms with Gasteiger partial charge in [0.1, 0.15) is 5.75 Å². The third-order valence-electron chi connectivity index (χ3n) is 3.39. The molecule has 1 unspecified atom stereocenters. The zero-order chi connectivity index (χ0) is 17.4. The molecule has 1 atom stereocenters. The van der Waals surface area contributed by atoms with Crippen molar-refractivity contribution in [3.05, 3.63) is 60.2 Å². The maximum Gasteiger partial charge on any atom is 0.265 e. The Morgan fingerprint density at radius 2 is 1.71 bits per heavy atom. The minimum absolute atomic E-state index is 0.204. The molecule has 0 bridgehead atoms. The summed E-state index contributed by atoms with van der Waals surface area (Å²) >= 11 is 0. The van der Waals surface area contributed by atoms with Crippen LogP contribution in [0.5, 0.6) is 5.75 Å². The van der Waals surface area contributed by atoms with Crippen molar-refractivity contribution in [3.8, 4) is 5.75 Å². The summed E-state index contributed by atoms with van der Waals surface area (Å²) in [5, 5.41) is 5.57.